The third-order valence-corrected chi connectivity index (χ3v) is 6.35. The maximum Gasteiger partial charge on any atom is 0.138 e. The van der Waals surface area contributed by atoms with E-state index in [0.717, 1.165) is 30.9 Å². The summed E-state index contributed by atoms with van der Waals surface area (Å²) in [6.45, 7) is 0. The van der Waals surface area contributed by atoms with Crippen LogP contribution in [0.5, 0.6) is 5.75 Å². The van der Waals surface area contributed by atoms with Crippen molar-refractivity contribution in [3.63, 3.8) is 0 Å². The number of phenolic OH excluding ortho intramolecular Hbond substituents is 1. The molecule has 0 fully saturated rings. The molecule has 0 spiro atoms. The lowest BCUT2D eigenvalue weighted by atomic mass is 10.2. The van der Waals surface area contributed by atoms with Gasteiger partial charge in [-0.2, -0.15) is 0 Å². The SMILES string of the molecule is Oc1c(Br)cc(Br)cc1C=Nc1ccc(Cl)c(-c2nc3ccccc3s2)c1. The van der Waals surface area contributed by atoms with Crippen molar-refractivity contribution < 1.29 is 5.11 Å². The third-order valence-electron chi connectivity index (χ3n) is 3.88. The minimum atomic E-state index is 0.141. The number of phenols is 1. The normalized spacial score (nSPS) is 11.5. The van der Waals surface area contributed by atoms with Crippen LogP contribution >= 0.6 is 54.8 Å². The van der Waals surface area contributed by atoms with Crippen molar-refractivity contribution in [1.82, 2.24) is 4.98 Å². The molecular weight excluding hydrogens is 512 g/mol. The summed E-state index contributed by atoms with van der Waals surface area (Å²) in [4.78, 5) is 9.16. The number of nitrogens with zero attached hydrogens (tertiary/aromatic N) is 2. The van der Waals surface area contributed by atoms with Gasteiger partial charge in [0.05, 0.1) is 25.4 Å². The Morgan fingerprint density at radius 3 is 2.70 bits per heavy atom. The van der Waals surface area contributed by atoms with Gasteiger partial charge in [0.2, 0.25) is 0 Å². The second-order valence-electron chi connectivity index (χ2n) is 5.73. The number of fused-ring (bicyclic) bond motifs is 1. The van der Waals surface area contributed by atoms with Gasteiger partial charge in [0.25, 0.3) is 0 Å². The molecular formula is C20H11Br2ClN2OS. The maximum absolute atomic E-state index is 10.2. The van der Waals surface area contributed by atoms with Gasteiger partial charge in [0.15, 0.2) is 0 Å². The molecule has 0 radical (unpaired) electrons. The molecule has 0 aliphatic heterocycles. The molecule has 0 saturated carbocycles. The van der Waals surface area contributed by atoms with E-state index < -0.39 is 0 Å². The summed E-state index contributed by atoms with van der Waals surface area (Å²) >= 11 is 14.7. The monoisotopic (exact) mass is 520 g/mol. The molecule has 0 amide bonds. The minimum Gasteiger partial charge on any atom is -0.506 e. The van der Waals surface area contributed by atoms with Crippen molar-refractivity contribution >= 4 is 76.9 Å². The van der Waals surface area contributed by atoms with Crippen molar-refractivity contribution in [3.05, 3.63) is 74.1 Å². The summed E-state index contributed by atoms with van der Waals surface area (Å²) in [5.74, 6) is 0.141. The Morgan fingerprint density at radius 1 is 1.07 bits per heavy atom. The molecule has 1 N–H and O–H groups in total. The van der Waals surface area contributed by atoms with Gasteiger partial charge in [-0.25, -0.2) is 4.98 Å². The molecule has 0 bridgehead atoms. The first-order valence-corrected chi connectivity index (χ1v) is 10.7. The van der Waals surface area contributed by atoms with Crippen LogP contribution in [0.2, 0.25) is 5.02 Å². The number of para-hydroxylation sites is 1. The Labute approximate surface area is 181 Å². The van der Waals surface area contributed by atoms with E-state index in [-0.39, 0.29) is 5.75 Å². The molecule has 0 unspecified atom stereocenters. The largest absolute Gasteiger partial charge is 0.506 e. The highest BCUT2D eigenvalue weighted by Crippen LogP contribution is 2.37. The second kappa shape index (κ2) is 7.72. The van der Waals surface area contributed by atoms with Crippen LogP contribution < -0.4 is 0 Å². The zero-order valence-corrected chi connectivity index (χ0v) is 18.4. The molecule has 27 heavy (non-hydrogen) atoms. The van der Waals surface area contributed by atoms with Crippen LogP contribution in [0.25, 0.3) is 20.8 Å². The molecule has 0 atom stereocenters. The first-order chi connectivity index (χ1) is 13.0. The number of thiazole rings is 1. The predicted octanol–water partition coefficient (Wildman–Crippen LogP) is 7.60. The quantitative estimate of drug-likeness (QED) is 0.282. The van der Waals surface area contributed by atoms with Crippen LogP contribution in [0, 0.1) is 0 Å². The number of aromatic hydroxyl groups is 1. The topological polar surface area (TPSA) is 45.5 Å². The second-order valence-corrected chi connectivity index (χ2v) is 8.94. The number of hydrogen-bond donors (Lipinski definition) is 1. The number of halogens is 3. The van der Waals surface area contributed by atoms with Crippen molar-refractivity contribution in [1.29, 1.82) is 0 Å². The molecule has 0 aliphatic rings. The summed E-state index contributed by atoms with van der Waals surface area (Å²) in [6, 6.07) is 17.1. The fourth-order valence-corrected chi connectivity index (χ4v) is 5.09. The number of rotatable bonds is 3. The standard InChI is InChI=1S/C20H11Br2ClN2OS/c21-12-7-11(19(26)15(22)8-12)10-24-13-5-6-16(23)14(9-13)20-25-17-3-1-2-4-18(17)27-20/h1-10,26H. The summed E-state index contributed by atoms with van der Waals surface area (Å²) in [7, 11) is 0. The van der Waals surface area contributed by atoms with Crippen molar-refractivity contribution in [3.8, 4) is 16.3 Å². The number of aromatic nitrogens is 1. The van der Waals surface area contributed by atoms with Gasteiger partial charge in [-0.05, 0) is 58.4 Å². The van der Waals surface area contributed by atoms with Crippen LogP contribution in [-0.4, -0.2) is 16.3 Å². The highest BCUT2D eigenvalue weighted by atomic mass is 79.9. The Bertz CT molecular complexity index is 1160. The molecule has 3 aromatic carbocycles. The van der Waals surface area contributed by atoms with E-state index >= 15 is 0 Å². The van der Waals surface area contributed by atoms with Gasteiger partial charge in [-0.15, -0.1) is 11.3 Å². The van der Waals surface area contributed by atoms with E-state index in [4.69, 9.17) is 11.6 Å². The van der Waals surface area contributed by atoms with Crippen molar-refractivity contribution in [2.75, 3.05) is 0 Å². The predicted molar refractivity (Wildman–Crippen MR) is 121 cm³/mol. The molecule has 0 saturated heterocycles. The lowest BCUT2D eigenvalue weighted by Crippen LogP contribution is -1.85. The zero-order valence-electron chi connectivity index (χ0n) is 13.7. The Hall–Kier alpha value is -1.73. The average Bonchev–Trinajstić information content (AvgIpc) is 3.08. The number of aliphatic imine (C=N–C) groups is 1. The van der Waals surface area contributed by atoms with Gasteiger partial charge < -0.3 is 5.11 Å². The van der Waals surface area contributed by atoms with E-state index in [0.29, 0.717) is 15.1 Å². The van der Waals surface area contributed by atoms with Crippen molar-refractivity contribution in [2.45, 2.75) is 0 Å². The summed E-state index contributed by atoms with van der Waals surface area (Å²) in [5, 5.41) is 11.6. The molecule has 1 heterocycles. The lowest BCUT2D eigenvalue weighted by Gasteiger charge is -2.04. The Morgan fingerprint density at radius 2 is 1.89 bits per heavy atom. The van der Waals surface area contributed by atoms with E-state index in [1.165, 1.54) is 0 Å². The zero-order chi connectivity index (χ0) is 19.0. The number of hydrogen-bond acceptors (Lipinski definition) is 4. The third kappa shape index (κ3) is 3.94. The molecule has 0 aliphatic carbocycles. The minimum absolute atomic E-state index is 0.141. The van der Waals surface area contributed by atoms with E-state index in [9.17, 15) is 5.11 Å². The first kappa shape index (κ1) is 18.6. The smallest absolute Gasteiger partial charge is 0.138 e. The van der Waals surface area contributed by atoms with E-state index in [2.05, 4.69) is 41.8 Å². The van der Waals surface area contributed by atoms with Gasteiger partial charge in [-0.3, -0.25) is 4.99 Å². The fourth-order valence-electron chi connectivity index (χ4n) is 2.57. The molecule has 1 aromatic heterocycles. The Balaban J connectivity index is 1.72. The summed E-state index contributed by atoms with van der Waals surface area (Å²) < 4.78 is 2.56. The first-order valence-electron chi connectivity index (χ1n) is 7.89. The fraction of sp³-hybridized carbons (Fsp3) is 0. The molecule has 4 rings (SSSR count). The lowest BCUT2D eigenvalue weighted by molar-refractivity contribution is 0.471. The highest BCUT2D eigenvalue weighted by Gasteiger charge is 2.11. The van der Waals surface area contributed by atoms with Crippen molar-refractivity contribution in [2.24, 2.45) is 4.99 Å². The van der Waals surface area contributed by atoms with Crippen LogP contribution in [0.1, 0.15) is 5.56 Å². The average molecular weight is 523 g/mol. The summed E-state index contributed by atoms with van der Waals surface area (Å²) in [6.07, 6.45) is 1.62. The molecule has 134 valence electrons. The van der Waals surface area contributed by atoms with Gasteiger partial charge in [-0.1, -0.05) is 39.7 Å². The summed E-state index contributed by atoms with van der Waals surface area (Å²) in [5.41, 5.74) is 3.12. The molecule has 7 heteroatoms. The van der Waals surface area contributed by atoms with E-state index in [1.807, 2.05) is 42.5 Å². The van der Waals surface area contributed by atoms with Crippen LogP contribution in [0.3, 0.4) is 0 Å². The van der Waals surface area contributed by atoms with E-state index in [1.54, 1.807) is 29.7 Å². The van der Waals surface area contributed by atoms with Gasteiger partial charge >= 0.3 is 0 Å². The van der Waals surface area contributed by atoms with Gasteiger partial charge in [0, 0.05) is 21.8 Å². The van der Waals surface area contributed by atoms with Gasteiger partial charge in [0.1, 0.15) is 10.8 Å². The molecule has 4 aromatic rings. The van der Waals surface area contributed by atoms with Crippen LogP contribution in [-0.2, 0) is 0 Å². The molecule has 3 nitrogen and oxygen atoms in total. The Kier molecular flexibility index (Phi) is 5.32. The highest BCUT2D eigenvalue weighted by molar-refractivity contribution is 9.11. The van der Waals surface area contributed by atoms with Crippen LogP contribution in [0.4, 0.5) is 5.69 Å². The maximum atomic E-state index is 10.2. The number of benzene rings is 3. The van der Waals surface area contributed by atoms with Crippen LogP contribution in [0.15, 0.2) is 68.5 Å².